The molecule has 1 aromatic carbocycles. The molecule has 0 bridgehead atoms. The van der Waals surface area contributed by atoms with Crippen LogP contribution in [0.2, 0.25) is 5.02 Å². The first-order valence-corrected chi connectivity index (χ1v) is 9.66. The van der Waals surface area contributed by atoms with E-state index < -0.39 is 17.7 Å². The van der Waals surface area contributed by atoms with E-state index >= 15 is 0 Å². The molecule has 0 aliphatic carbocycles. The zero-order chi connectivity index (χ0) is 20.3. The first kappa shape index (κ1) is 20.4. The summed E-state index contributed by atoms with van der Waals surface area (Å²) in [6.07, 6.45) is -1.96. The molecule has 2 heterocycles. The number of rotatable bonds is 6. The maximum Gasteiger partial charge on any atom is 0.417 e. The molecule has 1 unspecified atom stereocenters. The zero-order valence-electron chi connectivity index (χ0n) is 14.8. The van der Waals surface area contributed by atoms with Gasteiger partial charge in [-0.25, -0.2) is 0 Å². The second-order valence-corrected chi connectivity index (χ2v) is 7.32. The molecule has 0 aliphatic rings. The first-order chi connectivity index (χ1) is 13.3. The predicted octanol–water partition coefficient (Wildman–Crippen LogP) is 5.76. The SMILES string of the molecule is C=CCSc1nnc(C(C)c2ncc(C(F)(F)F)cc2Cl)n1-c1ccccc1. The van der Waals surface area contributed by atoms with Gasteiger partial charge in [0.05, 0.1) is 22.2 Å². The van der Waals surface area contributed by atoms with Crippen LogP contribution in [0.1, 0.15) is 29.9 Å². The van der Waals surface area contributed by atoms with E-state index in [4.69, 9.17) is 11.6 Å². The van der Waals surface area contributed by atoms with Crippen molar-refractivity contribution in [2.45, 2.75) is 24.2 Å². The van der Waals surface area contributed by atoms with Crippen LogP contribution in [0.15, 0.2) is 60.4 Å². The van der Waals surface area contributed by atoms with E-state index in [1.807, 2.05) is 34.9 Å². The summed E-state index contributed by atoms with van der Waals surface area (Å²) in [6, 6.07) is 10.3. The topological polar surface area (TPSA) is 43.6 Å². The number of para-hydroxylation sites is 1. The molecule has 0 spiro atoms. The van der Waals surface area contributed by atoms with Gasteiger partial charge in [0.2, 0.25) is 0 Å². The zero-order valence-corrected chi connectivity index (χ0v) is 16.4. The smallest absolute Gasteiger partial charge is 0.273 e. The molecule has 0 N–H and O–H groups in total. The van der Waals surface area contributed by atoms with Gasteiger partial charge in [-0.2, -0.15) is 13.2 Å². The van der Waals surface area contributed by atoms with E-state index in [2.05, 4.69) is 21.8 Å². The maximum absolute atomic E-state index is 12.9. The Balaban J connectivity index is 2.06. The number of benzene rings is 1. The van der Waals surface area contributed by atoms with Crippen LogP contribution in [0, 0.1) is 0 Å². The molecule has 2 aromatic heterocycles. The van der Waals surface area contributed by atoms with Crippen molar-refractivity contribution in [1.29, 1.82) is 0 Å². The van der Waals surface area contributed by atoms with Crippen molar-refractivity contribution in [3.05, 3.63) is 77.4 Å². The minimum Gasteiger partial charge on any atom is -0.273 e. The largest absolute Gasteiger partial charge is 0.417 e. The summed E-state index contributed by atoms with van der Waals surface area (Å²) in [6.45, 7) is 5.49. The molecule has 0 aliphatic heterocycles. The maximum atomic E-state index is 12.9. The first-order valence-electron chi connectivity index (χ1n) is 8.30. The number of nitrogens with zero attached hydrogens (tertiary/aromatic N) is 4. The van der Waals surface area contributed by atoms with Gasteiger partial charge in [0.15, 0.2) is 5.16 Å². The molecule has 3 aromatic rings. The molecular formula is C19H16ClF3N4S. The Kier molecular flexibility index (Phi) is 6.10. The summed E-state index contributed by atoms with van der Waals surface area (Å²) < 4.78 is 40.5. The van der Waals surface area contributed by atoms with Crippen molar-refractivity contribution >= 4 is 23.4 Å². The van der Waals surface area contributed by atoms with Gasteiger partial charge in [-0.15, -0.1) is 16.8 Å². The van der Waals surface area contributed by atoms with Gasteiger partial charge in [-0.3, -0.25) is 9.55 Å². The number of halogens is 4. The number of pyridine rings is 1. The van der Waals surface area contributed by atoms with E-state index in [0.717, 1.165) is 18.0 Å². The highest BCUT2D eigenvalue weighted by Gasteiger charge is 2.32. The second kappa shape index (κ2) is 8.36. The molecule has 0 fully saturated rings. The standard InChI is InChI=1S/C19H16ClF3N4S/c1-3-9-28-18-26-25-17(27(18)14-7-5-4-6-8-14)12(2)16-15(20)10-13(11-24-16)19(21,22)23/h3-8,10-12H,1,9H2,2H3. The van der Waals surface area contributed by atoms with Gasteiger partial charge in [0, 0.05) is 17.6 Å². The lowest BCUT2D eigenvalue weighted by Gasteiger charge is -2.16. The summed E-state index contributed by atoms with van der Waals surface area (Å²) in [7, 11) is 0. The lowest BCUT2D eigenvalue weighted by atomic mass is 10.0. The van der Waals surface area contributed by atoms with Crippen LogP contribution in [0.25, 0.3) is 5.69 Å². The molecule has 4 nitrogen and oxygen atoms in total. The van der Waals surface area contributed by atoms with Crippen molar-refractivity contribution < 1.29 is 13.2 Å². The molecular weight excluding hydrogens is 409 g/mol. The molecule has 146 valence electrons. The van der Waals surface area contributed by atoms with E-state index in [1.54, 1.807) is 13.0 Å². The summed E-state index contributed by atoms with van der Waals surface area (Å²) >= 11 is 7.59. The predicted molar refractivity (Wildman–Crippen MR) is 104 cm³/mol. The van der Waals surface area contributed by atoms with Crippen LogP contribution in [0.5, 0.6) is 0 Å². The van der Waals surface area contributed by atoms with Crippen LogP contribution >= 0.6 is 23.4 Å². The van der Waals surface area contributed by atoms with Crippen LogP contribution in [0.3, 0.4) is 0 Å². The van der Waals surface area contributed by atoms with Gasteiger partial charge in [0.1, 0.15) is 5.82 Å². The number of hydrogen-bond acceptors (Lipinski definition) is 4. The summed E-state index contributed by atoms with van der Waals surface area (Å²) in [4.78, 5) is 3.97. The minimum absolute atomic E-state index is 0.0646. The van der Waals surface area contributed by atoms with Crippen molar-refractivity contribution in [2.75, 3.05) is 5.75 Å². The van der Waals surface area contributed by atoms with Crippen molar-refractivity contribution in [3.8, 4) is 5.69 Å². The quantitative estimate of drug-likeness (QED) is 0.372. The number of thioether (sulfide) groups is 1. The van der Waals surface area contributed by atoms with Crippen LogP contribution in [0.4, 0.5) is 13.2 Å². The molecule has 0 saturated heterocycles. The second-order valence-electron chi connectivity index (χ2n) is 5.92. The average molecular weight is 425 g/mol. The highest BCUT2D eigenvalue weighted by atomic mass is 35.5. The van der Waals surface area contributed by atoms with Crippen LogP contribution in [-0.2, 0) is 6.18 Å². The van der Waals surface area contributed by atoms with Gasteiger partial charge in [0.25, 0.3) is 0 Å². The molecule has 0 radical (unpaired) electrons. The van der Waals surface area contributed by atoms with Gasteiger partial charge in [-0.1, -0.05) is 47.6 Å². The van der Waals surface area contributed by atoms with E-state index in [9.17, 15) is 13.2 Å². The number of aromatic nitrogens is 4. The highest BCUT2D eigenvalue weighted by Crippen LogP contribution is 2.35. The Morgan fingerprint density at radius 1 is 1.25 bits per heavy atom. The molecule has 28 heavy (non-hydrogen) atoms. The number of alkyl halides is 3. The van der Waals surface area contributed by atoms with Gasteiger partial charge >= 0.3 is 6.18 Å². The summed E-state index contributed by atoms with van der Waals surface area (Å²) in [5.41, 5.74) is 0.253. The van der Waals surface area contributed by atoms with Crippen molar-refractivity contribution in [3.63, 3.8) is 0 Å². The average Bonchev–Trinajstić information content (AvgIpc) is 3.09. The fourth-order valence-corrected chi connectivity index (χ4v) is 3.68. The Bertz CT molecular complexity index is 973. The summed E-state index contributed by atoms with van der Waals surface area (Å²) in [5.74, 6) is 0.700. The Hall–Kier alpha value is -2.32. The third-order valence-electron chi connectivity index (χ3n) is 4.00. The lowest BCUT2D eigenvalue weighted by molar-refractivity contribution is -0.137. The third-order valence-corrected chi connectivity index (χ3v) is 5.23. The molecule has 0 saturated carbocycles. The Morgan fingerprint density at radius 2 is 1.96 bits per heavy atom. The lowest BCUT2D eigenvalue weighted by Crippen LogP contribution is -2.11. The van der Waals surface area contributed by atoms with Crippen LogP contribution in [-0.4, -0.2) is 25.5 Å². The van der Waals surface area contributed by atoms with Crippen molar-refractivity contribution in [1.82, 2.24) is 19.7 Å². The van der Waals surface area contributed by atoms with Gasteiger partial charge < -0.3 is 0 Å². The van der Waals surface area contributed by atoms with E-state index in [-0.39, 0.29) is 5.02 Å². The highest BCUT2D eigenvalue weighted by molar-refractivity contribution is 7.99. The van der Waals surface area contributed by atoms with Crippen molar-refractivity contribution in [2.24, 2.45) is 0 Å². The Labute approximate surface area is 169 Å². The van der Waals surface area contributed by atoms with Gasteiger partial charge in [-0.05, 0) is 25.1 Å². The van der Waals surface area contributed by atoms with E-state index in [0.29, 0.717) is 22.4 Å². The fourth-order valence-electron chi connectivity index (χ4n) is 2.65. The third kappa shape index (κ3) is 4.23. The molecule has 0 amide bonds. The minimum atomic E-state index is -4.50. The molecule has 1 atom stereocenters. The summed E-state index contributed by atoms with van der Waals surface area (Å²) in [5, 5.41) is 9.10. The number of hydrogen-bond donors (Lipinski definition) is 0. The fraction of sp³-hybridized carbons (Fsp3) is 0.211. The molecule has 3 rings (SSSR count). The normalized spacial score (nSPS) is 12.8. The Morgan fingerprint density at radius 3 is 2.57 bits per heavy atom. The monoisotopic (exact) mass is 424 g/mol. The van der Waals surface area contributed by atoms with E-state index in [1.165, 1.54) is 11.8 Å². The molecule has 9 heteroatoms. The van der Waals surface area contributed by atoms with Crippen LogP contribution < -0.4 is 0 Å².